The molecule has 0 atom stereocenters. The Labute approximate surface area is 163 Å². The van der Waals surface area contributed by atoms with Crippen LogP contribution in [-0.2, 0) is 6.54 Å². The number of carbonyl (C=O) groups excluding carboxylic acids is 1. The summed E-state index contributed by atoms with van der Waals surface area (Å²) in [5.41, 5.74) is 1.30. The van der Waals surface area contributed by atoms with E-state index in [0.717, 1.165) is 11.3 Å². The molecule has 0 aliphatic rings. The second kappa shape index (κ2) is 8.56. The summed E-state index contributed by atoms with van der Waals surface area (Å²) in [6.07, 6.45) is -0.0257. The Morgan fingerprint density at radius 2 is 1.86 bits per heavy atom. The van der Waals surface area contributed by atoms with Gasteiger partial charge in [0.1, 0.15) is 18.0 Å². The normalized spacial score (nSPS) is 10.8. The van der Waals surface area contributed by atoms with Gasteiger partial charge in [-0.3, -0.25) is 4.79 Å². The van der Waals surface area contributed by atoms with Crippen molar-refractivity contribution in [2.75, 3.05) is 14.2 Å². The Bertz CT molecular complexity index is 935. The van der Waals surface area contributed by atoms with Gasteiger partial charge in [0.25, 0.3) is 5.91 Å². The molecule has 1 amide bonds. The molecular formula is C21H23N3O4. The first-order valence-electron chi connectivity index (χ1n) is 8.96. The molecule has 0 bridgehead atoms. The molecule has 0 N–H and O–H groups in total. The van der Waals surface area contributed by atoms with E-state index in [1.165, 1.54) is 4.90 Å². The molecule has 0 unspecified atom stereocenters. The fraction of sp³-hybridized carbons (Fsp3) is 0.286. The van der Waals surface area contributed by atoms with Crippen LogP contribution in [0.5, 0.6) is 11.5 Å². The monoisotopic (exact) mass is 381 g/mol. The second-order valence-electron chi connectivity index (χ2n) is 6.56. The number of carbonyl (C=O) groups is 1. The minimum absolute atomic E-state index is 0.0257. The van der Waals surface area contributed by atoms with Crippen LogP contribution in [0, 0.1) is 0 Å². The summed E-state index contributed by atoms with van der Waals surface area (Å²) in [4.78, 5) is 18.7. The summed E-state index contributed by atoms with van der Waals surface area (Å²) in [6.45, 7) is 4.03. The number of benzene rings is 2. The lowest BCUT2D eigenvalue weighted by Crippen LogP contribution is -2.27. The zero-order valence-corrected chi connectivity index (χ0v) is 16.4. The highest BCUT2D eigenvalue weighted by Crippen LogP contribution is 2.23. The van der Waals surface area contributed by atoms with E-state index in [4.69, 9.17) is 14.0 Å². The summed E-state index contributed by atoms with van der Waals surface area (Å²) >= 11 is 0. The van der Waals surface area contributed by atoms with Crippen molar-refractivity contribution >= 4 is 5.91 Å². The van der Waals surface area contributed by atoms with Crippen LogP contribution in [0.4, 0.5) is 0 Å². The smallest absolute Gasteiger partial charge is 0.257 e. The first-order chi connectivity index (χ1) is 13.5. The van der Waals surface area contributed by atoms with Crippen LogP contribution in [-0.4, -0.2) is 41.2 Å². The summed E-state index contributed by atoms with van der Waals surface area (Å²) in [7, 11) is 3.30. The first kappa shape index (κ1) is 19.4. The van der Waals surface area contributed by atoms with Crippen molar-refractivity contribution < 1.29 is 18.8 Å². The van der Waals surface area contributed by atoms with Crippen LogP contribution in [0.1, 0.15) is 30.1 Å². The highest BCUT2D eigenvalue weighted by atomic mass is 16.5. The van der Waals surface area contributed by atoms with Crippen molar-refractivity contribution in [3.63, 3.8) is 0 Å². The van der Waals surface area contributed by atoms with Gasteiger partial charge in [0.05, 0.1) is 18.8 Å². The van der Waals surface area contributed by atoms with E-state index in [1.54, 1.807) is 26.3 Å². The lowest BCUT2D eigenvalue weighted by molar-refractivity contribution is 0.0763. The van der Waals surface area contributed by atoms with Gasteiger partial charge in [-0.25, -0.2) is 0 Å². The van der Waals surface area contributed by atoms with Gasteiger partial charge in [0.2, 0.25) is 11.7 Å². The van der Waals surface area contributed by atoms with Crippen LogP contribution in [0.2, 0.25) is 0 Å². The van der Waals surface area contributed by atoms with Gasteiger partial charge in [0, 0.05) is 12.6 Å². The molecule has 0 saturated carbocycles. The second-order valence-corrected chi connectivity index (χ2v) is 6.56. The third-order valence-electron chi connectivity index (χ3n) is 4.02. The van der Waals surface area contributed by atoms with E-state index < -0.39 is 0 Å². The molecule has 1 heterocycles. The number of methoxy groups -OCH3 is 1. The molecule has 0 spiro atoms. The van der Waals surface area contributed by atoms with Crippen molar-refractivity contribution in [3.8, 4) is 22.9 Å². The molecule has 3 aromatic rings. The van der Waals surface area contributed by atoms with Gasteiger partial charge < -0.3 is 18.9 Å². The molecule has 1 aromatic heterocycles. The lowest BCUT2D eigenvalue weighted by atomic mass is 10.1. The summed E-state index contributed by atoms with van der Waals surface area (Å²) in [5.74, 6) is 1.94. The molecule has 28 heavy (non-hydrogen) atoms. The lowest BCUT2D eigenvalue weighted by Gasteiger charge is -2.18. The molecule has 0 radical (unpaired) electrons. The average Bonchev–Trinajstić information content (AvgIpc) is 3.16. The van der Waals surface area contributed by atoms with E-state index >= 15 is 0 Å². The van der Waals surface area contributed by atoms with Gasteiger partial charge in [-0.2, -0.15) is 4.98 Å². The number of hydrogen-bond donors (Lipinski definition) is 0. The zero-order valence-electron chi connectivity index (χ0n) is 16.4. The summed E-state index contributed by atoms with van der Waals surface area (Å²) in [6, 6.07) is 14.5. The van der Waals surface area contributed by atoms with E-state index in [0.29, 0.717) is 23.0 Å². The molecule has 0 fully saturated rings. The van der Waals surface area contributed by atoms with Gasteiger partial charge in [-0.1, -0.05) is 17.3 Å². The molecule has 7 nitrogen and oxygen atoms in total. The van der Waals surface area contributed by atoms with Crippen molar-refractivity contribution in [1.82, 2.24) is 15.0 Å². The standard InChI is InChI=1S/C21H23N3O4/c1-14(2)27-18-8-6-5-7-17(18)21(25)24(3)13-19-22-20(23-28-19)15-9-11-16(26-4)12-10-15/h5-12,14H,13H2,1-4H3. The molecular weight excluding hydrogens is 358 g/mol. The fourth-order valence-corrected chi connectivity index (χ4v) is 2.66. The average molecular weight is 381 g/mol. The number of hydrogen-bond acceptors (Lipinski definition) is 6. The summed E-state index contributed by atoms with van der Waals surface area (Å²) < 4.78 is 16.2. The molecule has 0 saturated heterocycles. The van der Waals surface area contributed by atoms with Crippen molar-refractivity contribution in [2.45, 2.75) is 26.5 Å². The number of nitrogens with zero attached hydrogens (tertiary/aromatic N) is 3. The first-order valence-corrected chi connectivity index (χ1v) is 8.96. The van der Waals surface area contributed by atoms with Crippen molar-refractivity contribution in [3.05, 3.63) is 60.0 Å². The number of aromatic nitrogens is 2. The van der Waals surface area contributed by atoms with Crippen LogP contribution >= 0.6 is 0 Å². The minimum atomic E-state index is -0.180. The van der Waals surface area contributed by atoms with Gasteiger partial charge in [-0.05, 0) is 50.2 Å². The zero-order chi connectivity index (χ0) is 20.1. The SMILES string of the molecule is COc1ccc(-c2noc(CN(C)C(=O)c3ccccc3OC(C)C)n2)cc1. The number of amides is 1. The van der Waals surface area contributed by atoms with Gasteiger partial charge in [0.15, 0.2) is 0 Å². The minimum Gasteiger partial charge on any atom is -0.497 e. The Hall–Kier alpha value is -3.35. The maximum atomic E-state index is 12.8. The Morgan fingerprint density at radius 1 is 1.14 bits per heavy atom. The van der Waals surface area contributed by atoms with Gasteiger partial charge in [-0.15, -0.1) is 0 Å². The number of ether oxygens (including phenoxy) is 2. The van der Waals surface area contributed by atoms with E-state index in [-0.39, 0.29) is 18.6 Å². The maximum absolute atomic E-state index is 12.8. The molecule has 0 aliphatic carbocycles. The number of rotatable bonds is 7. The molecule has 2 aromatic carbocycles. The van der Waals surface area contributed by atoms with Crippen LogP contribution < -0.4 is 9.47 Å². The molecule has 3 rings (SSSR count). The third-order valence-corrected chi connectivity index (χ3v) is 4.02. The topological polar surface area (TPSA) is 77.7 Å². The summed E-state index contributed by atoms with van der Waals surface area (Å²) in [5, 5.41) is 3.99. The quantitative estimate of drug-likeness (QED) is 0.619. The molecule has 0 aliphatic heterocycles. The Balaban J connectivity index is 1.72. The Morgan fingerprint density at radius 3 is 2.54 bits per heavy atom. The van der Waals surface area contributed by atoms with Crippen LogP contribution in [0.25, 0.3) is 11.4 Å². The molecule has 146 valence electrons. The van der Waals surface area contributed by atoms with E-state index in [9.17, 15) is 4.79 Å². The predicted molar refractivity (Wildman–Crippen MR) is 104 cm³/mol. The van der Waals surface area contributed by atoms with Crippen LogP contribution in [0.3, 0.4) is 0 Å². The maximum Gasteiger partial charge on any atom is 0.257 e. The van der Waals surface area contributed by atoms with Gasteiger partial charge >= 0.3 is 0 Å². The third kappa shape index (κ3) is 4.49. The van der Waals surface area contributed by atoms with Crippen molar-refractivity contribution in [2.24, 2.45) is 0 Å². The number of para-hydroxylation sites is 1. The van der Waals surface area contributed by atoms with E-state index in [2.05, 4.69) is 10.1 Å². The van der Waals surface area contributed by atoms with Crippen LogP contribution in [0.15, 0.2) is 53.1 Å². The van der Waals surface area contributed by atoms with Crippen molar-refractivity contribution in [1.29, 1.82) is 0 Å². The highest BCUT2D eigenvalue weighted by molar-refractivity contribution is 5.96. The predicted octanol–water partition coefficient (Wildman–Crippen LogP) is 3.80. The Kier molecular flexibility index (Phi) is 5.93. The van der Waals surface area contributed by atoms with E-state index in [1.807, 2.05) is 50.2 Å². The highest BCUT2D eigenvalue weighted by Gasteiger charge is 2.20. The molecule has 7 heteroatoms. The fourth-order valence-electron chi connectivity index (χ4n) is 2.66. The largest absolute Gasteiger partial charge is 0.497 e.